The van der Waals surface area contributed by atoms with Crippen LogP contribution in [0.5, 0.6) is 0 Å². The summed E-state index contributed by atoms with van der Waals surface area (Å²) in [6.07, 6.45) is 17.4. The van der Waals surface area contributed by atoms with Crippen LogP contribution in [0.4, 0.5) is 0 Å². The van der Waals surface area contributed by atoms with Gasteiger partial charge < -0.3 is 10.2 Å². The third-order valence-corrected chi connectivity index (χ3v) is 3.73. The minimum Gasteiger partial charge on any atom is -0.481 e. The summed E-state index contributed by atoms with van der Waals surface area (Å²) in [5, 5.41) is 18.3. The van der Waals surface area contributed by atoms with Crippen molar-refractivity contribution in [2.45, 2.75) is 96.5 Å². The molecule has 0 aromatic heterocycles. The van der Waals surface area contributed by atoms with Crippen molar-refractivity contribution in [1.29, 1.82) is 0 Å². The van der Waals surface area contributed by atoms with Crippen LogP contribution in [0.25, 0.3) is 0 Å². The Labute approximate surface area is 164 Å². The van der Waals surface area contributed by atoms with Crippen LogP contribution in [-0.2, 0) is 4.79 Å². The van der Waals surface area contributed by atoms with Gasteiger partial charge in [0.15, 0.2) is 0 Å². The van der Waals surface area contributed by atoms with Gasteiger partial charge in [0.25, 0.3) is 0 Å². The van der Waals surface area contributed by atoms with Crippen LogP contribution in [0.2, 0.25) is 0 Å². The van der Waals surface area contributed by atoms with Crippen LogP contribution >= 0.6 is 0 Å². The van der Waals surface area contributed by atoms with E-state index in [1.165, 1.54) is 25.7 Å². The second kappa shape index (κ2) is 19.4. The van der Waals surface area contributed by atoms with Crippen LogP contribution < -0.4 is 0 Å². The van der Waals surface area contributed by atoms with E-state index in [1.807, 2.05) is 0 Å². The Morgan fingerprint density at radius 1 is 0.955 bits per heavy atom. The first kappa shape index (κ1) is 24.6. The fraction of sp³-hybridized carbons (Fsp3) is 0.833. The molecular weight excluding hydrogens is 403 g/mol. The first-order chi connectivity index (χ1) is 10.2. The molecule has 0 aliphatic heterocycles. The Kier molecular flexibility index (Phi) is 21.7. The molecular formula is C18H34LaO3. The van der Waals surface area contributed by atoms with Gasteiger partial charge in [0, 0.05) is 42.0 Å². The van der Waals surface area contributed by atoms with Gasteiger partial charge in [-0.15, -0.1) is 0 Å². The zero-order chi connectivity index (χ0) is 15.8. The number of carboxylic acid groups (broad SMARTS) is 1. The summed E-state index contributed by atoms with van der Waals surface area (Å²) in [5.41, 5.74) is 0. The van der Waals surface area contributed by atoms with E-state index in [-0.39, 0.29) is 41.7 Å². The fourth-order valence-electron chi connectivity index (χ4n) is 2.36. The van der Waals surface area contributed by atoms with Gasteiger partial charge in [-0.25, -0.2) is 0 Å². The van der Waals surface area contributed by atoms with Crippen molar-refractivity contribution in [3.05, 3.63) is 12.2 Å². The van der Waals surface area contributed by atoms with Crippen molar-refractivity contribution >= 4 is 5.97 Å². The number of aliphatic hydroxyl groups is 1. The summed E-state index contributed by atoms with van der Waals surface area (Å²) >= 11 is 0. The number of hydrogen-bond donors (Lipinski definition) is 2. The maximum absolute atomic E-state index is 10.3. The van der Waals surface area contributed by atoms with Gasteiger partial charge in [-0.2, -0.15) is 0 Å². The smallest absolute Gasteiger partial charge is 0.303 e. The predicted octanol–water partition coefficient (Wildman–Crippen LogP) is 5.08. The van der Waals surface area contributed by atoms with Gasteiger partial charge in [-0.05, 0) is 32.1 Å². The molecule has 0 aliphatic carbocycles. The zero-order valence-corrected chi connectivity index (χ0v) is 17.9. The van der Waals surface area contributed by atoms with Crippen molar-refractivity contribution < 1.29 is 50.6 Å². The van der Waals surface area contributed by atoms with Crippen molar-refractivity contribution in [2.75, 3.05) is 0 Å². The summed E-state index contributed by atoms with van der Waals surface area (Å²) in [6, 6.07) is 0. The topological polar surface area (TPSA) is 57.5 Å². The molecule has 0 unspecified atom stereocenters. The molecule has 2 N–H and O–H groups in total. The normalized spacial score (nSPS) is 12.3. The van der Waals surface area contributed by atoms with E-state index in [9.17, 15) is 9.90 Å². The Morgan fingerprint density at radius 2 is 1.59 bits per heavy atom. The number of carbonyl (C=O) groups is 1. The van der Waals surface area contributed by atoms with Gasteiger partial charge in [-0.3, -0.25) is 4.79 Å². The molecule has 1 atom stereocenters. The minimum absolute atomic E-state index is 0. The van der Waals surface area contributed by atoms with Crippen LogP contribution in [0, 0.1) is 35.6 Å². The molecule has 0 fully saturated rings. The quantitative estimate of drug-likeness (QED) is 0.278. The molecule has 22 heavy (non-hydrogen) atoms. The van der Waals surface area contributed by atoms with Crippen molar-refractivity contribution in [3.63, 3.8) is 0 Å². The summed E-state index contributed by atoms with van der Waals surface area (Å²) in [4.78, 5) is 10.3. The van der Waals surface area contributed by atoms with Crippen LogP contribution in [0.15, 0.2) is 12.2 Å². The summed E-state index contributed by atoms with van der Waals surface area (Å²) < 4.78 is 0. The van der Waals surface area contributed by atoms with E-state index in [1.54, 1.807) is 0 Å². The number of unbranched alkanes of at least 4 members (excludes halogenated alkanes) is 8. The van der Waals surface area contributed by atoms with E-state index in [0.717, 1.165) is 51.4 Å². The third kappa shape index (κ3) is 20.4. The molecule has 0 heterocycles. The molecule has 0 aromatic carbocycles. The van der Waals surface area contributed by atoms with Crippen molar-refractivity contribution in [1.82, 2.24) is 0 Å². The maximum atomic E-state index is 10.3. The summed E-state index contributed by atoms with van der Waals surface area (Å²) in [6.45, 7) is 2.20. The molecule has 1 radical (unpaired) electrons. The standard InChI is InChI=1S/C18H34O3.La/c1-2-3-4-11-14-17(19)15-12-9-7-5-6-8-10-13-16-18(20)21;/h9,12,17,19H,2-8,10-11,13-16H2,1H3,(H,20,21);/b12-9-;/t17-;/m1./s1. The average Bonchev–Trinajstić information content (AvgIpc) is 2.45. The summed E-state index contributed by atoms with van der Waals surface area (Å²) in [7, 11) is 0. The van der Waals surface area contributed by atoms with Crippen LogP contribution in [0.1, 0.15) is 90.4 Å². The molecule has 3 nitrogen and oxygen atoms in total. The van der Waals surface area contributed by atoms with Crippen LogP contribution in [0.3, 0.4) is 0 Å². The number of carboxylic acids is 1. The molecule has 0 aromatic rings. The Morgan fingerprint density at radius 3 is 2.27 bits per heavy atom. The SMILES string of the molecule is CCCCCC[C@@H](O)C/C=C\CCCCCCCC(=O)O.[La]. The molecule has 4 heteroatoms. The van der Waals surface area contributed by atoms with E-state index >= 15 is 0 Å². The Bertz CT molecular complexity index is 267. The molecule has 0 spiro atoms. The average molecular weight is 437 g/mol. The van der Waals surface area contributed by atoms with Gasteiger partial charge in [-0.1, -0.05) is 64.0 Å². The molecule has 0 aliphatic rings. The number of rotatable bonds is 15. The first-order valence-electron chi connectivity index (χ1n) is 8.71. The summed E-state index contributed by atoms with van der Waals surface area (Å²) in [5.74, 6) is -0.689. The number of aliphatic hydroxyl groups excluding tert-OH is 1. The number of aliphatic carboxylic acids is 1. The van der Waals surface area contributed by atoms with E-state index in [4.69, 9.17) is 5.11 Å². The molecule has 0 bridgehead atoms. The largest absolute Gasteiger partial charge is 0.481 e. The number of allylic oxidation sites excluding steroid dienone is 1. The van der Waals surface area contributed by atoms with E-state index in [0.29, 0.717) is 6.42 Å². The zero-order valence-electron chi connectivity index (χ0n) is 14.3. The number of hydrogen-bond acceptors (Lipinski definition) is 2. The molecule has 0 rings (SSSR count). The molecule has 0 saturated heterocycles. The fourth-order valence-corrected chi connectivity index (χ4v) is 2.36. The van der Waals surface area contributed by atoms with Crippen LogP contribution in [-0.4, -0.2) is 22.3 Å². The third-order valence-electron chi connectivity index (χ3n) is 3.73. The molecule has 0 amide bonds. The predicted molar refractivity (Wildman–Crippen MR) is 88.5 cm³/mol. The van der Waals surface area contributed by atoms with Gasteiger partial charge in [0.05, 0.1) is 6.10 Å². The Balaban J connectivity index is 0. The molecule has 0 saturated carbocycles. The van der Waals surface area contributed by atoms with Crippen molar-refractivity contribution in [2.24, 2.45) is 0 Å². The molecule has 127 valence electrons. The minimum atomic E-state index is -0.689. The Hall–Kier alpha value is 0.365. The van der Waals surface area contributed by atoms with Gasteiger partial charge in [0.2, 0.25) is 0 Å². The maximum Gasteiger partial charge on any atom is 0.303 e. The van der Waals surface area contributed by atoms with Gasteiger partial charge >= 0.3 is 5.97 Å². The second-order valence-corrected chi connectivity index (χ2v) is 5.91. The van der Waals surface area contributed by atoms with Crippen molar-refractivity contribution in [3.8, 4) is 0 Å². The second-order valence-electron chi connectivity index (χ2n) is 5.91. The van der Waals surface area contributed by atoms with E-state index < -0.39 is 5.97 Å². The van der Waals surface area contributed by atoms with E-state index in [2.05, 4.69) is 19.1 Å². The van der Waals surface area contributed by atoms with Gasteiger partial charge in [0.1, 0.15) is 0 Å². The monoisotopic (exact) mass is 437 g/mol. The first-order valence-corrected chi connectivity index (χ1v) is 8.71.